The molecular weight excluding hydrogens is 400 g/mol. The number of rotatable bonds is 6. The summed E-state index contributed by atoms with van der Waals surface area (Å²) in [6.07, 6.45) is 0. The van der Waals surface area contributed by atoms with Gasteiger partial charge in [0.1, 0.15) is 10.6 Å². The molecule has 0 aliphatic rings. The topological polar surface area (TPSA) is 43.4 Å². The third-order valence-corrected chi connectivity index (χ3v) is 7.75. The minimum Gasteiger partial charge on any atom is -0.379 e. The van der Waals surface area contributed by atoms with Crippen molar-refractivity contribution in [1.82, 2.24) is 0 Å². The lowest BCUT2D eigenvalue weighted by Gasteiger charge is -2.10. The van der Waals surface area contributed by atoms with E-state index < -0.39 is 10.1 Å². The van der Waals surface area contributed by atoms with Gasteiger partial charge in [0.2, 0.25) is 0 Å². The number of benzene rings is 4. The maximum absolute atomic E-state index is 12.4. The van der Waals surface area contributed by atoms with Gasteiger partial charge in [-0.15, -0.1) is 0 Å². The van der Waals surface area contributed by atoms with Gasteiger partial charge in [-0.05, 0) is 60.7 Å². The molecule has 0 saturated heterocycles. The third kappa shape index (κ3) is 4.53. The van der Waals surface area contributed by atoms with Gasteiger partial charge in [0.05, 0.1) is 10.9 Å². The van der Waals surface area contributed by atoms with Gasteiger partial charge in [-0.25, -0.2) is 0 Å². The van der Waals surface area contributed by atoms with Crippen molar-refractivity contribution >= 4 is 21.0 Å². The van der Waals surface area contributed by atoms with Crippen LogP contribution in [0.1, 0.15) is 0 Å². The molecule has 3 nitrogen and oxygen atoms in total. The van der Waals surface area contributed by atoms with Gasteiger partial charge in [0, 0.05) is 0 Å². The lowest BCUT2D eigenvalue weighted by Crippen LogP contribution is -2.10. The van der Waals surface area contributed by atoms with Crippen LogP contribution in [0.15, 0.2) is 135 Å². The molecule has 29 heavy (non-hydrogen) atoms. The van der Waals surface area contributed by atoms with Gasteiger partial charge in [-0.1, -0.05) is 54.6 Å². The van der Waals surface area contributed by atoms with Gasteiger partial charge >= 0.3 is 10.1 Å². The normalized spacial score (nSPS) is 11.3. The molecule has 0 fully saturated rings. The Hall–Kier alpha value is -3.02. The minimum atomic E-state index is -3.85. The van der Waals surface area contributed by atoms with Gasteiger partial charge in [-0.2, -0.15) is 8.42 Å². The molecule has 0 aromatic heterocycles. The Kier molecular flexibility index (Phi) is 5.69. The van der Waals surface area contributed by atoms with E-state index in [4.69, 9.17) is 4.18 Å². The Morgan fingerprint density at radius 2 is 0.931 bits per heavy atom. The molecule has 0 saturated carbocycles. The van der Waals surface area contributed by atoms with Gasteiger partial charge in [-0.3, -0.25) is 0 Å². The minimum absolute atomic E-state index is 0.136. The first-order chi connectivity index (χ1) is 14.1. The van der Waals surface area contributed by atoms with Crippen LogP contribution in [0.25, 0.3) is 0 Å². The van der Waals surface area contributed by atoms with E-state index in [0.29, 0.717) is 5.75 Å². The number of hydrogen-bond donors (Lipinski definition) is 0. The van der Waals surface area contributed by atoms with Crippen molar-refractivity contribution in [2.24, 2.45) is 0 Å². The molecule has 0 heterocycles. The molecule has 4 aromatic carbocycles. The first-order valence-electron chi connectivity index (χ1n) is 9.07. The highest BCUT2D eigenvalue weighted by Gasteiger charge is 2.28. The average molecular weight is 420 g/mol. The van der Waals surface area contributed by atoms with E-state index >= 15 is 0 Å². The van der Waals surface area contributed by atoms with E-state index in [2.05, 4.69) is 24.3 Å². The van der Waals surface area contributed by atoms with Crippen LogP contribution in [0.2, 0.25) is 0 Å². The van der Waals surface area contributed by atoms with E-state index in [-0.39, 0.29) is 15.8 Å². The third-order valence-electron chi connectivity index (χ3n) is 4.26. The molecule has 5 heteroatoms. The Morgan fingerprint density at radius 3 is 1.41 bits per heavy atom. The molecule has 144 valence electrons. The Bertz CT molecular complexity index is 1120. The quantitative estimate of drug-likeness (QED) is 0.304. The zero-order chi connectivity index (χ0) is 20.1. The molecular formula is C24H19O3S2+. The average Bonchev–Trinajstić information content (AvgIpc) is 2.77. The summed E-state index contributed by atoms with van der Waals surface area (Å²) in [6, 6.07) is 36.0. The summed E-state index contributed by atoms with van der Waals surface area (Å²) in [5.74, 6) is 0.294. The summed E-state index contributed by atoms with van der Waals surface area (Å²) >= 11 is 0. The van der Waals surface area contributed by atoms with Crippen LogP contribution in [-0.2, 0) is 21.0 Å². The van der Waals surface area contributed by atoms with Crippen molar-refractivity contribution in [1.29, 1.82) is 0 Å². The van der Waals surface area contributed by atoms with Crippen LogP contribution in [0.5, 0.6) is 5.75 Å². The molecule has 4 aromatic rings. The van der Waals surface area contributed by atoms with E-state index in [0.717, 1.165) is 4.90 Å². The number of hydrogen-bond acceptors (Lipinski definition) is 3. The summed E-state index contributed by atoms with van der Waals surface area (Å²) in [5.41, 5.74) is 0. The predicted octanol–water partition coefficient (Wildman–Crippen LogP) is 5.55. The molecule has 0 amide bonds. The smallest absolute Gasteiger partial charge is 0.339 e. The molecule has 0 radical (unpaired) electrons. The zero-order valence-corrected chi connectivity index (χ0v) is 17.1. The summed E-state index contributed by atoms with van der Waals surface area (Å²) in [4.78, 5) is 3.62. The van der Waals surface area contributed by atoms with Gasteiger partial charge in [0.15, 0.2) is 14.7 Å². The van der Waals surface area contributed by atoms with Crippen LogP contribution in [0, 0.1) is 0 Å². The van der Waals surface area contributed by atoms with Crippen molar-refractivity contribution in [2.75, 3.05) is 0 Å². The van der Waals surface area contributed by atoms with E-state index in [9.17, 15) is 8.42 Å². The second kappa shape index (κ2) is 8.55. The van der Waals surface area contributed by atoms with Crippen LogP contribution < -0.4 is 4.18 Å². The summed E-state index contributed by atoms with van der Waals surface area (Å²) in [7, 11) is -4.14. The second-order valence-electron chi connectivity index (χ2n) is 6.25. The monoisotopic (exact) mass is 419 g/mol. The second-order valence-corrected chi connectivity index (χ2v) is 9.83. The van der Waals surface area contributed by atoms with Crippen molar-refractivity contribution in [2.45, 2.75) is 19.6 Å². The molecule has 0 unspecified atom stereocenters. The van der Waals surface area contributed by atoms with Gasteiger partial charge < -0.3 is 4.18 Å². The van der Waals surface area contributed by atoms with Crippen LogP contribution in [0.3, 0.4) is 0 Å². The summed E-state index contributed by atoms with van der Waals surface area (Å²) in [5, 5.41) is 0. The lowest BCUT2D eigenvalue weighted by molar-refractivity contribution is 0.486. The first kappa shape index (κ1) is 19.3. The summed E-state index contributed by atoms with van der Waals surface area (Å²) in [6.45, 7) is 0. The largest absolute Gasteiger partial charge is 0.379 e. The highest BCUT2D eigenvalue weighted by atomic mass is 32.2. The molecule has 0 aliphatic heterocycles. The molecule has 0 N–H and O–H groups in total. The van der Waals surface area contributed by atoms with Crippen molar-refractivity contribution < 1.29 is 12.6 Å². The van der Waals surface area contributed by atoms with E-state index in [1.807, 2.05) is 48.5 Å². The highest BCUT2D eigenvalue weighted by Crippen LogP contribution is 2.32. The van der Waals surface area contributed by atoms with Crippen LogP contribution in [0.4, 0.5) is 0 Å². The Morgan fingerprint density at radius 1 is 0.517 bits per heavy atom. The fraction of sp³-hybridized carbons (Fsp3) is 0. The maximum Gasteiger partial charge on any atom is 0.339 e. The molecule has 0 atom stereocenters. The van der Waals surface area contributed by atoms with Gasteiger partial charge in [0.25, 0.3) is 0 Å². The fourth-order valence-corrected chi connectivity index (χ4v) is 5.95. The molecule has 0 spiro atoms. The van der Waals surface area contributed by atoms with E-state index in [1.165, 1.54) is 21.9 Å². The van der Waals surface area contributed by atoms with Crippen molar-refractivity contribution in [3.8, 4) is 5.75 Å². The highest BCUT2D eigenvalue weighted by molar-refractivity contribution is 7.97. The maximum atomic E-state index is 12.4. The zero-order valence-electron chi connectivity index (χ0n) is 15.5. The Labute approximate surface area is 174 Å². The van der Waals surface area contributed by atoms with Crippen LogP contribution >= 0.6 is 0 Å². The lowest BCUT2D eigenvalue weighted by atomic mass is 10.3. The molecule has 0 aliphatic carbocycles. The van der Waals surface area contributed by atoms with E-state index in [1.54, 1.807) is 30.3 Å². The fourth-order valence-electron chi connectivity index (χ4n) is 2.91. The van der Waals surface area contributed by atoms with Crippen molar-refractivity contribution in [3.63, 3.8) is 0 Å². The Balaban J connectivity index is 1.65. The van der Waals surface area contributed by atoms with Crippen molar-refractivity contribution in [3.05, 3.63) is 115 Å². The van der Waals surface area contributed by atoms with Crippen LogP contribution in [-0.4, -0.2) is 8.42 Å². The molecule has 4 rings (SSSR count). The standard InChI is InChI=1S/C24H19O3S2/c25-29(26,24-14-8-3-9-15-24)27-20-16-18-23(19-17-20)28(21-10-4-1-5-11-21)22-12-6-2-7-13-22/h1-19H/q+1. The summed E-state index contributed by atoms with van der Waals surface area (Å²) < 4.78 is 30.2. The molecule has 0 bridgehead atoms. The predicted molar refractivity (Wildman–Crippen MR) is 116 cm³/mol. The first-order valence-corrected chi connectivity index (χ1v) is 11.7. The SMILES string of the molecule is O=S(=O)(Oc1ccc([S+](c2ccccc2)c2ccccc2)cc1)c1ccccc1.